The topological polar surface area (TPSA) is 24.5 Å². The Hall–Kier alpha value is -0.120. The van der Waals surface area contributed by atoms with Crippen LogP contribution in [0.3, 0.4) is 0 Å². The van der Waals surface area contributed by atoms with Gasteiger partial charge < -0.3 is 4.74 Å². The van der Waals surface area contributed by atoms with Gasteiger partial charge in [0.2, 0.25) is 0 Å². The van der Waals surface area contributed by atoms with Crippen LogP contribution in [0.5, 0.6) is 0 Å². The molecule has 0 saturated heterocycles. The first-order chi connectivity index (χ1) is 6.69. The first-order valence-corrected chi connectivity index (χ1v) is 5.74. The Bertz CT molecular complexity index is 201. The van der Waals surface area contributed by atoms with Crippen LogP contribution < -0.4 is 5.43 Å². The van der Waals surface area contributed by atoms with Gasteiger partial charge in [-0.25, -0.2) is 0 Å². The molecule has 2 saturated carbocycles. The number of hydrogen-bond acceptors (Lipinski definition) is 3. The van der Waals surface area contributed by atoms with Crippen LogP contribution in [0.4, 0.5) is 0 Å². The lowest BCUT2D eigenvalue weighted by Gasteiger charge is -2.61. The van der Waals surface area contributed by atoms with E-state index in [0.29, 0.717) is 17.6 Å². The Morgan fingerprint density at radius 1 is 1.43 bits per heavy atom. The van der Waals surface area contributed by atoms with Crippen molar-refractivity contribution in [3.63, 3.8) is 0 Å². The van der Waals surface area contributed by atoms with Crippen LogP contribution >= 0.6 is 0 Å². The Labute approximate surface area is 86.8 Å². The highest BCUT2D eigenvalue weighted by Gasteiger charge is 2.58. The smallest absolute Gasteiger partial charge is 0.0662 e. The minimum atomic E-state index is 0.486. The average molecular weight is 198 g/mol. The van der Waals surface area contributed by atoms with Crippen molar-refractivity contribution in [1.82, 2.24) is 10.4 Å². The van der Waals surface area contributed by atoms with Crippen LogP contribution in [0.25, 0.3) is 0 Å². The van der Waals surface area contributed by atoms with E-state index in [1.54, 1.807) is 0 Å². The predicted octanol–water partition coefficient (Wildman–Crippen LogP) is 1.40. The van der Waals surface area contributed by atoms with Crippen molar-refractivity contribution in [2.45, 2.75) is 44.8 Å². The van der Waals surface area contributed by atoms with Crippen LogP contribution in [-0.2, 0) is 4.74 Å². The largest absolute Gasteiger partial charge is 0.378 e. The number of nitrogens with zero attached hydrogens (tertiary/aromatic N) is 1. The van der Waals surface area contributed by atoms with Crippen LogP contribution in [0.15, 0.2) is 0 Å². The van der Waals surface area contributed by atoms with E-state index in [-0.39, 0.29) is 0 Å². The van der Waals surface area contributed by atoms with E-state index >= 15 is 0 Å². The predicted molar refractivity (Wildman–Crippen MR) is 56.9 cm³/mol. The Balaban J connectivity index is 1.90. The average Bonchev–Trinajstić information content (AvgIpc) is 1.98. The van der Waals surface area contributed by atoms with Crippen molar-refractivity contribution in [2.75, 3.05) is 20.7 Å². The standard InChI is InChI=1S/C11H22N2O/c1-4-14-10-8-9(12-13(2)3)11(10)6-5-7-11/h9-10,12H,4-8H2,1-3H3. The summed E-state index contributed by atoms with van der Waals surface area (Å²) in [6.07, 6.45) is 5.80. The molecule has 0 amide bonds. The number of ether oxygens (including phenoxy) is 1. The monoisotopic (exact) mass is 198 g/mol. The fourth-order valence-corrected chi connectivity index (χ4v) is 2.93. The second-order valence-electron chi connectivity index (χ2n) is 4.84. The third-order valence-corrected chi connectivity index (χ3v) is 3.85. The summed E-state index contributed by atoms with van der Waals surface area (Å²) in [6, 6.07) is 0.655. The minimum Gasteiger partial charge on any atom is -0.378 e. The normalized spacial score (nSPS) is 34.3. The molecule has 82 valence electrons. The van der Waals surface area contributed by atoms with Gasteiger partial charge in [-0.15, -0.1) is 0 Å². The van der Waals surface area contributed by atoms with Gasteiger partial charge in [0.1, 0.15) is 0 Å². The molecule has 0 bridgehead atoms. The van der Waals surface area contributed by atoms with Crippen molar-refractivity contribution in [3.05, 3.63) is 0 Å². The van der Waals surface area contributed by atoms with Crippen LogP contribution in [0.2, 0.25) is 0 Å². The molecule has 1 spiro atoms. The van der Waals surface area contributed by atoms with E-state index in [2.05, 4.69) is 31.5 Å². The molecule has 2 fully saturated rings. The van der Waals surface area contributed by atoms with E-state index in [4.69, 9.17) is 4.74 Å². The van der Waals surface area contributed by atoms with Crippen molar-refractivity contribution >= 4 is 0 Å². The third kappa shape index (κ3) is 1.47. The highest BCUT2D eigenvalue weighted by atomic mass is 16.5. The molecule has 3 nitrogen and oxygen atoms in total. The molecule has 0 heterocycles. The minimum absolute atomic E-state index is 0.486. The summed E-state index contributed by atoms with van der Waals surface area (Å²) in [5.74, 6) is 0. The SMILES string of the molecule is CCOC1CC(NN(C)C)C12CCC2. The van der Waals surface area contributed by atoms with Crippen molar-refractivity contribution in [3.8, 4) is 0 Å². The quantitative estimate of drug-likeness (QED) is 0.691. The Morgan fingerprint density at radius 3 is 2.57 bits per heavy atom. The molecule has 2 aliphatic rings. The number of rotatable bonds is 4. The van der Waals surface area contributed by atoms with Gasteiger partial charge in [-0.1, -0.05) is 6.42 Å². The van der Waals surface area contributed by atoms with Gasteiger partial charge in [0.05, 0.1) is 6.10 Å². The molecule has 0 aliphatic heterocycles. The Kier molecular flexibility index (Phi) is 2.82. The molecule has 0 aromatic heterocycles. The molecule has 2 rings (SSSR count). The molecule has 2 atom stereocenters. The van der Waals surface area contributed by atoms with E-state index in [0.717, 1.165) is 6.61 Å². The van der Waals surface area contributed by atoms with E-state index in [1.165, 1.54) is 25.7 Å². The lowest BCUT2D eigenvalue weighted by Crippen LogP contribution is -2.68. The summed E-state index contributed by atoms with van der Waals surface area (Å²) >= 11 is 0. The molecule has 14 heavy (non-hydrogen) atoms. The summed E-state index contributed by atoms with van der Waals surface area (Å²) in [6.45, 7) is 2.96. The zero-order valence-electron chi connectivity index (χ0n) is 9.55. The fourth-order valence-electron chi connectivity index (χ4n) is 2.93. The van der Waals surface area contributed by atoms with Gasteiger partial charge in [-0.3, -0.25) is 10.4 Å². The maximum absolute atomic E-state index is 5.79. The van der Waals surface area contributed by atoms with Gasteiger partial charge in [0, 0.05) is 32.2 Å². The summed E-state index contributed by atoms with van der Waals surface area (Å²) in [5.41, 5.74) is 4.00. The van der Waals surface area contributed by atoms with Gasteiger partial charge in [0.25, 0.3) is 0 Å². The fraction of sp³-hybridized carbons (Fsp3) is 1.00. The molecular formula is C11H22N2O. The first-order valence-electron chi connectivity index (χ1n) is 5.74. The molecular weight excluding hydrogens is 176 g/mol. The molecule has 2 aliphatic carbocycles. The summed E-state index contributed by atoms with van der Waals surface area (Å²) in [7, 11) is 4.14. The molecule has 1 N–H and O–H groups in total. The van der Waals surface area contributed by atoms with Crippen molar-refractivity contribution < 1.29 is 4.74 Å². The summed E-state index contributed by atoms with van der Waals surface area (Å²) < 4.78 is 5.79. The van der Waals surface area contributed by atoms with Crippen LogP contribution in [-0.4, -0.2) is 37.9 Å². The maximum Gasteiger partial charge on any atom is 0.0662 e. The molecule has 2 unspecified atom stereocenters. The second-order valence-corrected chi connectivity index (χ2v) is 4.84. The van der Waals surface area contributed by atoms with Crippen LogP contribution in [0, 0.1) is 5.41 Å². The van der Waals surface area contributed by atoms with Crippen molar-refractivity contribution in [2.24, 2.45) is 5.41 Å². The van der Waals surface area contributed by atoms with Gasteiger partial charge in [-0.05, 0) is 26.2 Å². The summed E-state index contributed by atoms with van der Waals surface area (Å²) in [4.78, 5) is 0. The second kappa shape index (κ2) is 3.80. The molecule has 3 heteroatoms. The number of nitrogens with one attached hydrogen (secondary N) is 1. The number of hydrazine groups is 1. The van der Waals surface area contributed by atoms with E-state index in [9.17, 15) is 0 Å². The lowest BCUT2D eigenvalue weighted by molar-refractivity contribution is -0.183. The molecule has 0 aromatic carbocycles. The summed E-state index contributed by atoms with van der Waals surface area (Å²) in [5, 5.41) is 2.08. The lowest BCUT2D eigenvalue weighted by atomic mass is 9.51. The molecule has 0 aromatic rings. The zero-order valence-corrected chi connectivity index (χ0v) is 9.55. The highest BCUT2D eigenvalue weighted by Crippen LogP contribution is 2.57. The number of hydrogen-bond donors (Lipinski definition) is 1. The highest BCUT2D eigenvalue weighted by molar-refractivity contribution is 5.11. The maximum atomic E-state index is 5.79. The van der Waals surface area contributed by atoms with Crippen LogP contribution in [0.1, 0.15) is 32.6 Å². The molecule has 0 radical (unpaired) electrons. The zero-order chi connectivity index (χ0) is 10.2. The third-order valence-electron chi connectivity index (χ3n) is 3.85. The van der Waals surface area contributed by atoms with Gasteiger partial charge >= 0.3 is 0 Å². The van der Waals surface area contributed by atoms with E-state index < -0.39 is 0 Å². The first kappa shape index (κ1) is 10.4. The van der Waals surface area contributed by atoms with Gasteiger partial charge in [0.15, 0.2) is 0 Å². The van der Waals surface area contributed by atoms with Crippen molar-refractivity contribution in [1.29, 1.82) is 0 Å². The van der Waals surface area contributed by atoms with E-state index in [1.807, 2.05) is 0 Å². The van der Waals surface area contributed by atoms with Gasteiger partial charge in [-0.2, -0.15) is 0 Å². The Morgan fingerprint density at radius 2 is 2.14 bits per heavy atom.